The van der Waals surface area contributed by atoms with Crippen LogP contribution in [0.4, 0.5) is 5.69 Å². The van der Waals surface area contributed by atoms with Gasteiger partial charge in [-0.3, -0.25) is 10.1 Å². The molecule has 11 heteroatoms. The summed E-state index contributed by atoms with van der Waals surface area (Å²) in [5.74, 6) is 0. The number of nitrogens with zero attached hydrogens (tertiary/aromatic N) is 1. The number of ether oxygens (including phenoxy) is 2. The van der Waals surface area contributed by atoms with E-state index in [-0.39, 0.29) is 20.6 Å². The third-order valence-electron chi connectivity index (χ3n) is 3.09. The monoisotopic (exact) mass is 455 g/mol. The summed E-state index contributed by atoms with van der Waals surface area (Å²) in [7, 11) is 4.44. The summed E-state index contributed by atoms with van der Waals surface area (Å²) < 4.78 is 31.8. The van der Waals surface area contributed by atoms with Gasteiger partial charge in [0.2, 0.25) is 0 Å². The molecule has 148 valence electrons. The second-order valence-corrected chi connectivity index (χ2v) is 8.46. The van der Waals surface area contributed by atoms with Gasteiger partial charge in [0.15, 0.2) is 0 Å². The van der Waals surface area contributed by atoms with Gasteiger partial charge in [-0.25, -0.2) is 8.42 Å². The molecule has 0 aliphatic rings. The van der Waals surface area contributed by atoms with Crippen LogP contribution in [0.3, 0.4) is 0 Å². The maximum atomic E-state index is 11.1. The molecular formula is C16H16Cl3NO6S. The summed E-state index contributed by atoms with van der Waals surface area (Å²) in [6.45, 7) is 0.661. The average Bonchev–Trinajstić information content (AvgIpc) is 2.58. The van der Waals surface area contributed by atoms with Gasteiger partial charge in [-0.2, -0.15) is 0 Å². The van der Waals surface area contributed by atoms with E-state index in [9.17, 15) is 18.5 Å². The Hall–Kier alpha value is -1.42. The Balaban J connectivity index is 0.000000271. The van der Waals surface area contributed by atoms with Crippen molar-refractivity contribution in [1.82, 2.24) is 0 Å². The Kier molecular flexibility index (Phi) is 9.44. The highest BCUT2D eigenvalue weighted by molar-refractivity contribution is 8.13. The van der Waals surface area contributed by atoms with Crippen LogP contribution in [0.5, 0.6) is 0 Å². The van der Waals surface area contributed by atoms with E-state index in [4.69, 9.17) is 43.4 Å². The normalized spacial score (nSPS) is 10.9. The van der Waals surface area contributed by atoms with Crippen molar-refractivity contribution in [2.24, 2.45) is 0 Å². The first-order valence-corrected chi connectivity index (χ1v) is 10.3. The van der Waals surface area contributed by atoms with E-state index in [0.717, 1.165) is 5.56 Å². The van der Waals surface area contributed by atoms with Crippen LogP contribution in [-0.2, 0) is 31.7 Å². The van der Waals surface area contributed by atoms with E-state index in [1.807, 2.05) is 0 Å². The van der Waals surface area contributed by atoms with E-state index in [1.54, 1.807) is 12.1 Å². The van der Waals surface area contributed by atoms with E-state index >= 15 is 0 Å². The predicted molar refractivity (Wildman–Crippen MR) is 104 cm³/mol. The number of methoxy groups -OCH3 is 2. The lowest BCUT2D eigenvalue weighted by atomic mass is 10.2. The number of benzene rings is 2. The molecule has 0 aliphatic carbocycles. The molecule has 27 heavy (non-hydrogen) atoms. The molecule has 0 atom stereocenters. The Morgan fingerprint density at radius 1 is 0.963 bits per heavy atom. The smallest absolute Gasteiger partial charge is 0.288 e. The maximum Gasteiger partial charge on any atom is 0.288 e. The topological polar surface area (TPSA) is 95.7 Å². The van der Waals surface area contributed by atoms with Gasteiger partial charge in [0, 0.05) is 31.0 Å². The SMILES string of the molecule is COCc1ccc(Cl)c(S(=O)(=O)Cl)c1.COCc1ccc(Cl)c([N+](=O)[O-])c1. The van der Waals surface area contributed by atoms with Gasteiger partial charge in [0.25, 0.3) is 14.7 Å². The van der Waals surface area contributed by atoms with Gasteiger partial charge < -0.3 is 9.47 Å². The van der Waals surface area contributed by atoms with Gasteiger partial charge in [-0.1, -0.05) is 35.3 Å². The zero-order chi connectivity index (χ0) is 20.6. The largest absolute Gasteiger partial charge is 0.380 e. The zero-order valence-corrected chi connectivity index (χ0v) is 17.4. The molecule has 0 bridgehead atoms. The van der Waals surface area contributed by atoms with Crippen molar-refractivity contribution < 1.29 is 22.8 Å². The molecule has 2 rings (SSSR count). The van der Waals surface area contributed by atoms with Crippen molar-refractivity contribution in [3.63, 3.8) is 0 Å². The third kappa shape index (κ3) is 7.61. The molecule has 2 aromatic carbocycles. The van der Waals surface area contributed by atoms with Crippen molar-refractivity contribution >= 4 is 48.6 Å². The standard InChI is InChI=1S/C8H8Cl2O3S.C8H8ClNO3/c1-13-5-6-2-3-7(9)8(4-6)14(10,11)12;1-13-5-6-2-3-7(9)8(4-6)10(11)12/h2-4H,5H2,1H3;2-4H,5H2,1H3. The Labute approximate surface area is 171 Å². The first-order valence-electron chi connectivity index (χ1n) is 7.24. The summed E-state index contributed by atoms with van der Waals surface area (Å²) in [6, 6.07) is 9.15. The summed E-state index contributed by atoms with van der Waals surface area (Å²) in [4.78, 5) is 9.86. The Morgan fingerprint density at radius 2 is 1.44 bits per heavy atom. The van der Waals surface area contributed by atoms with Crippen molar-refractivity contribution in [1.29, 1.82) is 0 Å². The van der Waals surface area contributed by atoms with Gasteiger partial charge in [0.1, 0.15) is 9.92 Å². The van der Waals surface area contributed by atoms with Crippen LogP contribution < -0.4 is 0 Å². The summed E-state index contributed by atoms with van der Waals surface area (Å²) in [6.07, 6.45) is 0. The van der Waals surface area contributed by atoms with Crippen LogP contribution >= 0.6 is 33.9 Å². The van der Waals surface area contributed by atoms with E-state index < -0.39 is 14.0 Å². The molecule has 0 spiro atoms. The van der Waals surface area contributed by atoms with Gasteiger partial charge in [-0.15, -0.1) is 0 Å². The lowest BCUT2D eigenvalue weighted by molar-refractivity contribution is -0.384. The Morgan fingerprint density at radius 3 is 1.89 bits per heavy atom. The predicted octanol–water partition coefficient (Wildman–Crippen LogP) is 4.81. The van der Waals surface area contributed by atoms with E-state index in [1.165, 1.54) is 38.5 Å². The minimum absolute atomic E-state index is 0.0868. The quantitative estimate of drug-likeness (QED) is 0.352. The van der Waals surface area contributed by atoms with Crippen molar-refractivity contribution in [3.8, 4) is 0 Å². The van der Waals surface area contributed by atoms with Crippen molar-refractivity contribution in [3.05, 3.63) is 67.7 Å². The van der Waals surface area contributed by atoms with Crippen molar-refractivity contribution in [2.75, 3.05) is 14.2 Å². The molecule has 0 N–H and O–H groups in total. The highest BCUT2D eigenvalue weighted by Gasteiger charge is 2.15. The first-order chi connectivity index (χ1) is 12.6. The van der Waals surface area contributed by atoms with Crippen LogP contribution in [-0.4, -0.2) is 27.6 Å². The maximum absolute atomic E-state index is 11.1. The number of halogens is 3. The lowest BCUT2D eigenvalue weighted by Crippen LogP contribution is -1.95. The third-order valence-corrected chi connectivity index (χ3v) is 5.21. The molecule has 0 heterocycles. The minimum Gasteiger partial charge on any atom is -0.380 e. The summed E-state index contributed by atoms with van der Waals surface area (Å²) in [5.41, 5.74) is 1.35. The summed E-state index contributed by atoms with van der Waals surface area (Å²) >= 11 is 11.3. The average molecular weight is 457 g/mol. The van der Waals surface area contributed by atoms with Gasteiger partial charge in [0.05, 0.1) is 23.2 Å². The Bertz CT molecular complexity index is 905. The fourth-order valence-corrected chi connectivity index (χ4v) is 3.65. The number of nitro benzene ring substituents is 1. The van der Waals surface area contributed by atoms with E-state index in [2.05, 4.69) is 0 Å². The van der Waals surface area contributed by atoms with Crippen molar-refractivity contribution in [2.45, 2.75) is 18.1 Å². The number of hydrogen-bond acceptors (Lipinski definition) is 6. The fraction of sp³-hybridized carbons (Fsp3) is 0.250. The number of nitro groups is 1. The van der Waals surface area contributed by atoms with Crippen LogP contribution in [0, 0.1) is 10.1 Å². The highest BCUT2D eigenvalue weighted by Crippen LogP contribution is 2.26. The molecule has 0 saturated carbocycles. The molecule has 2 aromatic rings. The van der Waals surface area contributed by atoms with Crippen LogP contribution in [0.15, 0.2) is 41.3 Å². The first kappa shape index (κ1) is 23.6. The molecule has 0 radical (unpaired) electrons. The highest BCUT2D eigenvalue weighted by atomic mass is 35.7. The second kappa shape index (κ2) is 10.8. The number of rotatable bonds is 6. The van der Waals surface area contributed by atoms with E-state index in [0.29, 0.717) is 18.8 Å². The fourth-order valence-electron chi connectivity index (χ4n) is 1.95. The second-order valence-electron chi connectivity index (χ2n) is 5.11. The van der Waals surface area contributed by atoms with Crippen LogP contribution in [0.2, 0.25) is 10.0 Å². The molecule has 0 aliphatic heterocycles. The molecule has 7 nitrogen and oxygen atoms in total. The lowest BCUT2D eigenvalue weighted by Gasteiger charge is -2.03. The van der Waals surface area contributed by atoms with Crippen LogP contribution in [0.25, 0.3) is 0 Å². The van der Waals surface area contributed by atoms with Crippen LogP contribution in [0.1, 0.15) is 11.1 Å². The zero-order valence-electron chi connectivity index (χ0n) is 14.3. The molecule has 0 fully saturated rings. The minimum atomic E-state index is -3.79. The molecular weight excluding hydrogens is 441 g/mol. The number of hydrogen-bond donors (Lipinski definition) is 0. The molecule has 0 unspecified atom stereocenters. The summed E-state index contributed by atoms with van der Waals surface area (Å²) in [5, 5.41) is 10.7. The molecule has 0 amide bonds. The molecule has 0 aromatic heterocycles. The van der Waals surface area contributed by atoms with Gasteiger partial charge in [-0.05, 0) is 29.3 Å². The van der Waals surface area contributed by atoms with Gasteiger partial charge >= 0.3 is 0 Å². The molecule has 0 saturated heterocycles.